The van der Waals surface area contributed by atoms with Crippen LogP contribution in [0.1, 0.15) is 6.92 Å². The first-order valence-electron chi connectivity index (χ1n) is 2.32. The summed E-state index contributed by atoms with van der Waals surface area (Å²) in [6, 6.07) is 0. The fourth-order valence-electron chi connectivity index (χ4n) is 0.200. The van der Waals surface area contributed by atoms with Crippen LogP contribution in [-0.2, 0) is 4.84 Å². The summed E-state index contributed by atoms with van der Waals surface area (Å²) in [5, 5.41) is 32.9. The van der Waals surface area contributed by atoms with Crippen molar-refractivity contribution in [2.75, 3.05) is 0 Å². The summed E-state index contributed by atoms with van der Waals surface area (Å²) in [4.78, 5) is 13.1. The van der Waals surface area contributed by atoms with Gasteiger partial charge in [0.05, 0.1) is 0 Å². The molecule has 0 aromatic carbocycles. The summed E-state index contributed by atoms with van der Waals surface area (Å²) in [5.74, 6) is -3.17. The molecule has 0 aliphatic carbocycles. The van der Waals surface area contributed by atoms with Gasteiger partial charge in [-0.15, -0.1) is 10.1 Å². The minimum atomic E-state index is -3.17. The molecule has 0 fully saturated rings. The van der Waals surface area contributed by atoms with E-state index in [1.54, 1.807) is 0 Å². The maximum absolute atomic E-state index is 9.51. The predicted molar refractivity (Wildman–Crippen MR) is 26.9 cm³/mol. The highest BCUT2D eigenvalue weighted by Crippen LogP contribution is 2.04. The molecule has 0 saturated carbocycles. The van der Waals surface area contributed by atoms with Crippen LogP contribution in [0.15, 0.2) is 0 Å². The molecule has 1 atom stereocenters. The molecule has 0 aromatic rings. The van der Waals surface area contributed by atoms with Gasteiger partial charge in [0.1, 0.15) is 0 Å². The van der Waals surface area contributed by atoms with E-state index in [1.165, 1.54) is 0 Å². The first-order valence-corrected chi connectivity index (χ1v) is 2.32. The summed E-state index contributed by atoms with van der Waals surface area (Å²) in [5.41, 5.74) is 0. The number of nitrogens with zero attached hydrogens (tertiary/aromatic N) is 1. The first kappa shape index (κ1) is 9.08. The van der Waals surface area contributed by atoms with Gasteiger partial charge in [-0.2, -0.15) is 0 Å². The Morgan fingerprint density at radius 2 is 2.00 bits per heavy atom. The van der Waals surface area contributed by atoms with E-state index in [9.17, 15) is 10.1 Å². The lowest BCUT2D eigenvalue weighted by molar-refractivity contribution is -0.778. The molecule has 0 bridgehead atoms. The minimum absolute atomic E-state index is 0.933. The second-order valence-electron chi connectivity index (χ2n) is 1.66. The van der Waals surface area contributed by atoms with Crippen molar-refractivity contribution < 1.29 is 25.2 Å². The van der Waals surface area contributed by atoms with Crippen molar-refractivity contribution in [3.63, 3.8) is 0 Å². The van der Waals surface area contributed by atoms with E-state index in [2.05, 4.69) is 4.84 Å². The molecular weight excluding hydrogens is 146 g/mol. The Kier molecular flexibility index (Phi) is 2.52. The van der Waals surface area contributed by atoms with Crippen LogP contribution in [0.4, 0.5) is 0 Å². The van der Waals surface area contributed by atoms with Crippen LogP contribution in [0, 0.1) is 10.1 Å². The van der Waals surface area contributed by atoms with E-state index in [-0.39, 0.29) is 0 Å². The number of hydrogen-bond donors (Lipinski definition) is 3. The van der Waals surface area contributed by atoms with Gasteiger partial charge < -0.3 is 20.2 Å². The molecule has 7 nitrogen and oxygen atoms in total. The maximum Gasteiger partial charge on any atom is 0.303 e. The van der Waals surface area contributed by atoms with Crippen molar-refractivity contribution in [2.45, 2.75) is 19.0 Å². The lowest BCUT2D eigenvalue weighted by Crippen LogP contribution is -2.42. The second kappa shape index (κ2) is 2.78. The topological polar surface area (TPSA) is 113 Å². The third-order valence-corrected chi connectivity index (χ3v) is 0.790. The van der Waals surface area contributed by atoms with Crippen molar-refractivity contribution in [3.8, 4) is 0 Å². The van der Waals surface area contributed by atoms with Crippen molar-refractivity contribution >= 4 is 0 Å². The first-order chi connectivity index (χ1) is 4.34. The fraction of sp³-hybridized carbons (Fsp3) is 1.00. The fourth-order valence-corrected chi connectivity index (χ4v) is 0.200. The molecule has 7 heteroatoms. The van der Waals surface area contributed by atoms with Crippen LogP contribution in [0.5, 0.6) is 0 Å². The zero-order valence-corrected chi connectivity index (χ0v) is 5.09. The van der Waals surface area contributed by atoms with Crippen molar-refractivity contribution in [2.24, 2.45) is 0 Å². The summed E-state index contributed by atoms with van der Waals surface area (Å²) in [6.07, 6.45) is -1.69. The van der Waals surface area contributed by atoms with E-state index in [4.69, 9.17) is 15.3 Å². The minimum Gasteiger partial charge on any atom is -0.342 e. The van der Waals surface area contributed by atoms with Crippen LogP contribution in [0.2, 0.25) is 0 Å². The summed E-state index contributed by atoms with van der Waals surface area (Å²) >= 11 is 0. The van der Waals surface area contributed by atoms with E-state index in [0.29, 0.717) is 0 Å². The normalized spacial score (nSPS) is 14.4. The average molecular weight is 153 g/mol. The molecule has 10 heavy (non-hydrogen) atoms. The molecule has 0 heterocycles. The van der Waals surface area contributed by atoms with Crippen LogP contribution in [0.3, 0.4) is 0 Å². The van der Waals surface area contributed by atoms with Gasteiger partial charge in [0.25, 0.3) is 5.09 Å². The average Bonchev–Trinajstić information content (AvgIpc) is 1.60. The van der Waals surface area contributed by atoms with Crippen LogP contribution >= 0.6 is 0 Å². The van der Waals surface area contributed by atoms with Gasteiger partial charge in [-0.3, -0.25) is 0 Å². The maximum atomic E-state index is 9.51. The van der Waals surface area contributed by atoms with E-state index in [0.717, 1.165) is 6.92 Å². The van der Waals surface area contributed by atoms with Crippen molar-refractivity contribution in [3.05, 3.63) is 10.1 Å². The summed E-state index contributed by atoms with van der Waals surface area (Å²) < 4.78 is 0. The van der Waals surface area contributed by atoms with E-state index >= 15 is 0 Å². The monoisotopic (exact) mass is 153 g/mol. The molecular formula is C3H7NO6. The molecule has 0 rings (SSSR count). The standard InChI is InChI=1S/C3H7NO6/c1-2(3(5,6)7)10-4(8)9/h2,5-7H,1H3. The molecule has 1 unspecified atom stereocenters. The van der Waals surface area contributed by atoms with Crippen LogP contribution < -0.4 is 0 Å². The molecule has 0 saturated heterocycles. The highest BCUT2D eigenvalue weighted by atomic mass is 17.0. The molecule has 0 aromatic heterocycles. The Bertz CT molecular complexity index is 127. The lowest BCUT2D eigenvalue weighted by atomic mass is 10.3. The SMILES string of the molecule is CC(O[N+](=O)[O-])C(O)(O)O. The number of hydrogen-bond acceptors (Lipinski definition) is 6. The van der Waals surface area contributed by atoms with Gasteiger partial charge in [-0.1, -0.05) is 0 Å². The van der Waals surface area contributed by atoms with Crippen molar-refractivity contribution in [1.82, 2.24) is 0 Å². The third-order valence-electron chi connectivity index (χ3n) is 0.790. The van der Waals surface area contributed by atoms with Crippen LogP contribution in [-0.4, -0.2) is 32.5 Å². The van der Waals surface area contributed by atoms with Gasteiger partial charge in [0.2, 0.25) is 0 Å². The smallest absolute Gasteiger partial charge is 0.303 e. The summed E-state index contributed by atoms with van der Waals surface area (Å²) in [7, 11) is 0. The molecule has 60 valence electrons. The second-order valence-corrected chi connectivity index (χ2v) is 1.66. The molecule has 0 aliphatic heterocycles. The molecule has 0 spiro atoms. The van der Waals surface area contributed by atoms with Gasteiger partial charge in [0.15, 0.2) is 6.10 Å². The largest absolute Gasteiger partial charge is 0.342 e. The highest BCUT2D eigenvalue weighted by Gasteiger charge is 2.31. The predicted octanol–water partition coefficient (Wildman–Crippen LogP) is -1.79. The van der Waals surface area contributed by atoms with Crippen molar-refractivity contribution in [1.29, 1.82) is 0 Å². The lowest BCUT2D eigenvalue weighted by Gasteiger charge is -2.19. The quantitative estimate of drug-likeness (QED) is 0.251. The zero-order valence-electron chi connectivity index (χ0n) is 5.09. The highest BCUT2D eigenvalue weighted by molar-refractivity contribution is 4.54. The Balaban J connectivity index is 3.85. The van der Waals surface area contributed by atoms with E-state index in [1.807, 2.05) is 0 Å². The van der Waals surface area contributed by atoms with Gasteiger partial charge in [-0.05, 0) is 6.92 Å². The Morgan fingerprint density at radius 3 is 2.10 bits per heavy atom. The molecule has 3 N–H and O–H groups in total. The Morgan fingerprint density at radius 1 is 1.60 bits per heavy atom. The molecule has 0 aliphatic rings. The Hall–Kier alpha value is -0.920. The summed E-state index contributed by atoms with van der Waals surface area (Å²) in [6.45, 7) is 0.933. The zero-order chi connectivity index (χ0) is 8.36. The number of aliphatic hydroxyl groups is 3. The third kappa shape index (κ3) is 3.17. The van der Waals surface area contributed by atoms with Gasteiger partial charge in [0, 0.05) is 0 Å². The number of rotatable bonds is 3. The van der Waals surface area contributed by atoms with Gasteiger partial charge in [-0.25, -0.2) is 0 Å². The van der Waals surface area contributed by atoms with E-state index < -0.39 is 17.2 Å². The molecule has 0 amide bonds. The molecule has 0 radical (unpaired) electrons. The Labute approximate surface area is 55.6 Å². The van der Waals surface area contributed by atoms with Crippen LogP contribution in [0.25, 0.3) is 0 Å². The van der Waals surface area contributed by atoms with Gasteiger partial charge >= 0.3 is 5.97 Å².